The fourth-order valence-corrected chi connectivity index (χ4v) is 11.9. The summed E-state index contributed by atoms with van der Waals surface area (Å²) in [5.74, 6) is -3.38. The molecule has 1 heterocycles. The second-order valence-electron chi connectivity index (χ2n) is 17.9. The lowest BCUT2D eigenvalue weighted by Gasteiger charge is -2.70. The van der Waals surface area contributed by atoms with Crippen molar-refractivity contribution in [3.05, 3.63) is 23.2 Å². The SMILES string of the molecule is CC(=O)O[C@H]1CC[C@@]2(C)C(CC[C@]3(C)C2C(=O)C=C2[C@@H]4C[C@@](C)(C(=O)OC[C@H](O)C5OC(=O)C(O)=C5O)CC[C@]4(C)CC[C@]23C)C1(C)C. The van der Waals surface area contributed by atoms with Crippen LogP contribution in [0.5, 0.6) is 0 Å². The van der Waals surface area contributed by atoms with Gasteiger partial charge < -0.3 is 29.5 Å². The fourth-order valence-electron chi connectivity index (χ4n) is 11.9. The maximum absolute atomic E-state index is 14.7. The molecule has 48 heavy (non-hydrogen) atoms. The third kappa shape index (κ3) is 4.81. The van der Waals surface area contributed by atoms with E-state index in [1.807, 2.05) is 13.0 Å². The molecule has 0 aromatic rings. The Balaban J connectivity index is 1.27. The van der Waals surface area contributed by atoms with Crippen LogP contribution in [0.2, 0.25) is 0 Å². The highest BCUT2D eigenvalue weighted by Crippen LogP contribution is 2.75. The molecule has 10 heteroatoms. The van der Waals surface area contributed by atoms with E-state index in [1.54, 1.807) is 0 Å². The van der Waals surface area contributed by atoms with E-state index in [0.717, 1.165) is 50.5 Å². The van der Waals surface area contributed by atoms with Crippen molar-refractivity contribution in [2.75, 3.05) is 6.61 Å². The Morgan fingerprint density at radius 2 is 1.62 bits per heavy atom. The second kappa shape index (κ2) is 11.1. The lowest BCUT2D eigenvalue weighted by atomic mass is 9.33. The molecule has 0 bridgehead atoms. The summed E-state index contributed by atoms with van der Waals surface area (Å²) < 4.78 is 16.3. The minimum absolute atomic E-state index is 0.00409. The molecule has 0 radical (unpaired) electrons. The summed E-state index contributed by atoms with van der Waals surface area (Å²) in [6, 6.07) is 0. The molecule has 0 saturated heterocycles. The number of fused-ring (bicyclic) bond motifs is 7. The zero-order valence-electron chi connectivity index (χ0n) is 29.8. The van der Waals surface area contributed by atoms with Crippen LogP contribution in [0, 0.1) is 50.2 Å². The predicted octanol–water partition coefficient (Wildman–Crippen LogP) is 6.06. The monoisotopic (exact) mass is 670 g/mol. The van der Waals surface area contributed by atoms with Crippen LogP contribution in [-0.4, -0.2) is 63.9 Å². The first-order valence-electron chi connectivity index (χ1n) is 17.8. The molecule has 0 amide bonds. The number of rotatable bonds is 5. The Morgan fingerprint density at radius 3 is 2.25 bits per heavy atom. The first-order chi connectivity index (χ1) is 22.1. The molecular formula is C38H54O10. The van der Waals surface area contributed by atoms with Crippen LogP contribution in [-0.2, 0) is 33.4 Å². The van der Waals surface area contributed by atoms with Gasteiger partial charge in [0.25, 0.3) is 0 Å². The van der Waals surface area contributed by atoms with Gasteiger partial charge in [-0.2, -0.15) is 0 Å². The van der Waals surface area contributed by atoms with Gasteiger partial charge in [0, 0.05) is 18.3 Å². The van der Waals surface area contributed by atoms with Gasteiger partial charge >= 0.3 is 17.9 Å². The molecule has 3 N–H and O–H groups in total. The number of cyclic esters (lactones) is 1. The summed E-state index contributed by atoms with van der Waals surface area (Å²) in [5.41, 5.74) is -0.803. The van der Waals surface area contributed by atoms with Crippen LogP contribution in [0.4, 0.5) is 0 Å². The number of carbonyl (C=O) groups is 4. The van der Waals surface area contributed by atoms with Gasteiger partial charge in [0.1, 0.15) is 18.8 Å². The summed E-state index contributed by atoms with van der Waals surface area (Å²) in [6.07, 6.45) is 6.03. The van der Waals surface area contributed by atoms with E-state index in [1.165, 1.54) is 6.92 Å². The van der Waals surface area contributed by atoms with E-state index >= 15 is 0 Å². The van der Waals surface area contributed by atoms with Gasteiger partial charge in [-0.25, -0.2) is 4.79 Å². The standard InChI is InChI=1S/C38H54O10/c1-20(39)47-26-10-11-36(6)25(33(26,2)3)9-12-38(8)30(36)23(40)17-21-22-18-35(5,14-13-34(22,4)15-16-37(21,38)7)32(45)46-19-24(41)29-27(42)28(43)31(44)48-29/h17,22,24-26,29-30,41-43H,9-16,18-19H2,1-8H3/t22-,24-,25?,26-,29?,30?,34+,35-,36-,37+,38+/m0/s1. The van der Waals surface area contributed by atoms with E-state index < -0.39 is 47.7 Å². The smallest absolute Gasteiger partial charge is 0.377 e. The normalized spacial score (nSPS) is 45.4. The average molecular weight is 671 g/mol. The van der Waals surface area contributed by atoms with E-state index in [4.69, 9.17) is 14.2 Å². The quantitative estimate of drug-likeness (QED) is 0.232. The Morgan fingerprint density at radius 1 is 0.958 bits per heavy atom. The predicted molar refractivity (Wildman–Crippen MR) is 174 cm³/mol. The first kappa shape index (κ1) is 35.0. The number of allylic oxidation sites excluding steroid dienone is 2. The molecule has 4 fully saturated rings. The Hall–Kier alpha value is -2.88. The van der Waals surface area contributed by atoms with Crippen molar-refractivity contribution in [2.45, 2.75) is 131 Å². The molecule has 0 spiro atoms. The first-order valence-corrected chi connectivity index (χ1v) is 17.8. The Labute approximate surface area is 283 Å². The number of ether oxygens (including phenoxy) is 3. The minimum Gasteiger partial charge on any atom is -0.505 e. The molecule has 266 valence electrons. The second-order valence-corrected chi connectivity index (χ2v) is 17.9. The molecule has 1 aliphatic heterocycles. The van der Waals surface area contributed by atoms with Crippen molar-refractivity contribution in [2.24, 2.45) is 50.2 Å². The van der Waals surface area contributed by atoms with E-state index in [0.29, 0.717) is 12.8 Å². The molecule has 6 rings (SSSR count). The highest BCUT2D eigenvalue weighted by atomic mass is 16.6. The van der Waals surface area contributed by atoms with Gasteiger partial charge in [-0.05, 0) is 104 Å². The molecule has 11 atom stereocenters. The van der Waals surface area contributed by atoms with Crippen molar-refractivity contribution in [1.29, 1.82) is 0 Å². The molecule has 10 nitrogen and oxygen atoms in total. The van der Waals surface area contributed by atoms with Gasteiger partial charge in [0.15, 0.2) is 17.6 Å². The van der Waals surface area contributed by atoms with Gasteiger partial charge in [0.05, 0.1) is 5.41 Å². The fraction of sp³-hybridized carbons (Fsp3) is 0.789. The molecule has 6 aliphatic rings. The maximum Gasteiger partial charge on any atom is 0.377 e. The Bertz CT molecular complexity index is 1490. The third-order valence-corrected chi connectivity index (χ3v) is 15.0. The van der Waals surface area contributed by atoms with Crippen molar-refractivity contribution in [1.82, 2.24) is 0 Å². The summed E-state index contributed by atoms with van der Waals surface area (Å²) in [7, 11) is 0. The number of ketones is 1. The van der Waals surface area contributed by atoms with Crippen molar-refractivity contribution in [3.8, 4) is 0 Å². The summed E-state index contributed by atoms with van der Waals surface area (Å²) in [5, 5.41) is 30.1. The molecule has 4 saturated carbocycles. The topological polar surface area (TPSA) is 157 Å². The van der Waals surface area contributed by atoms with Gasteiger partial charge in [-0.15, -0.1) is 0 Å². The highest BCUT2D eigenvalue weighted by molar-refractivity contribution is 5.96. The maximum atomic E-state index is 14.7. The van der Waals surface area contributed by atoms with E-state index in [9.17, 15) is 34.5 Å². The highest BCUT2D eigenvalue weighted by Gasteiger charge is 2.70. The van der Waals surface area contributed by atoms with Crippen LogP contribution in [0.1, 0.15) is 113 Å². The van der Waals surface area contributed by atoms with Crippen LogP contribution < -0.4 is 0 Å². The lowest BCUT2D eigenvalue weighted by molar-refractivity contribution is -0.210. The number of aliphatic hydroxyl groups is 3. The van der Waals surface area contributed by atoms with Gasteiger partial charge in [-0.3, -0.25) is 14.4 Å². The van der Waals surface area contributed by atoms with Gasteiger partial charge in [-0.1, -0.05) is 47.1 Å². The number of hydrogen-bond donors (Lipinski definition) is 3. The van der Waals surface area contributed by atoms with E-state index in [2.05, 4.69) is 41.5 Å². The van der Waals surface area contributed by atoms with Crippen LogP contribution in [0.15, 0.2) is 23.2 Å². The van der Waals surface area contributed by atoms with Crippen LogP contribution >= 0.6 is 0 Å². The summed E-state index contributed by atoms with van der Waals surface area (Å²) in [6.45, 7) is 16.6. The van der Waals surface area contributed by atoms with Crippen LogP contribution in [0.25, 0.3) is 0 Å². The van der Waals surface area contributed by atoms with Crippen molar-refractivity contribution < 1.29 is 48.7 Å². The largest absolute Gasteiger partial charge is 0.505 e. The number of hydrogen-bond acceptors (Lipinski definition) is 10. The zero-order valence-corrected chi connectivity index (χ0v) is 29.8. The van der Waals surface area contributed by atoms with Crippen molar-refractivity contribution in [3.63, 3.8) is 0 Å². The number of aliphatic hydroxyl groups excluding tert-OH is 3. The Kier molecular flexibility index (Phi) is 8.06. The molecule has 5 aliphatic carbocycles. The van der Waals surface area contributed by atoms with Gasteiger partial charge in [0.2, 0.25) is 5.76 Å². The molecule has 3 unspecified atom stereocenters. The zero-order chi connectivity index (χ0) is 35.4. The number of esters is 3. The number of carbonyl (C=O) groups excluding carboxylic acids is 4. The van der Waals surface area contributed by atoms with Crippen LogP contribution in [0.3, 0.4) is 0 Å². The molecule has 0 aromatic heterocycles. The lowest BCUT2D eigenvalue weighted by Crippen LogP contribution is -2.66. The summed E-state index contributed by atoms with van der Waals surface area (Å²) >= 11 is 0. The molecular weight excluding hydrogens is 616 g/mol. The van der Waals surface area contributed by atoms with Crippen molar-refractivity contribution >= 4 is 23.7 Å². The minimum atomic E-state index is -1.54. The van der Waals surface area contributed by atoms with E-state index in [-0.39, 0.29) is 62.7 Å². The third-order valence-electron chi connectivity index (χ3n) is 15.0. The average Bonchev–Trinajstić information content (AvgIpc) is 3.26. The molecule has 0 aromatic carbocycles. The summed E-state index contributed by atoms with van der Waals surface area (Å²) in [4.78, 5) is 51.9.